The summed E-state index contributed by atoms with van der Waals surface area (Å²) in [5.41, 5.74) is 3.87. The first-order chi connectivity index (χ1) is 23.1. The van der Waals surface area contributed by atoms with E-state index in [1.165, 1.54) is 11.3 Å². The van der Waals surface area contributed by atoms with Gasteiger partial charge in [0.05, 0.1) is 45.6 Å². The van der Waals surface area contributed by atoms with Crippen molar-refractivity contribution in [1.29, 1.82) is 0 Å². The number of hydrogen-bond acceptors (Lipinski definition) is 6. The van der Waals surface area contributed by atoms with E-state index in [9.17, 15) is 9.59 Å². The van der Waals surface area contributed by atoms with Crippen molar-refractivity contribution in [3.8, 4) is 11.5 Å². The number of ether oxygens (including phenoxy) is 2. The molecule has 1 aromatic heterocycles. The molecule has 4 aromatic carbocycles. The number of aromatic nitrogens is 1. The van der Waals surface area contributed by atoms with Crippen molar-refractivity contribution in [3.05, 3.63) is 150 Å². The summed E-state index contributed by atoms with van der Waals surface area (Å²) in [5.74, 6) is 1.12. The number of thiazole rings is 1. The minimum atomic E-state index is -0.694. The van der Waals surface area contributed by atoms with Gasteiger partial charge in [0.1, 0.15) is 18.1 Å². The highest BCUT2D eigenvalue weighted by atomic mass is 127. The van der Waals surface area contributed by atoms with Crippen LogP contribution in [-0.4, -0.2) is 17.1 Å². The highest BCUT2D eigenvalue weighted by Crippen LogP contribution is 2.33. The van der Waals surface area contributed by atoms with E-state index in [-0.39, 0.29) is 11.5 Å². The molecule has 5 aromatic rings. The molecule has 0 saturated heterocycles. The number of para-hydroxylation sites is 1. The predicted octanol–water partition coefficient (Wildman–Crippen LogP) is 8.37. The van der Waals surface area contributed by atoms with E-state index in [2.05, 4.69) is 50.5 Å². The third-order valence-corrected chi connectivity index (χ3v) is 10.8. The van der Waals surface area contributed by atoms with Gasteiger partial charge in [-0.25, -0.2) is 4.99 Å². The van der Waals surface area contributed by atoms with Crippen LogP contribution >= 0.6 is 79.7 Å². The highest BCUT2D eigenvalue weighted by Gasteiger charge is 2.32. The summed E-state index contributed by atoms with van der Waals surface area (Å²) in [5, 5.41) is 3.95. The molecular formula is C36H27Cl2I2N3O4S. The normalized spacial score (nSPS) is 14.4. The number of hydrogen-bond donors (Lipinski definition) is 1. The summed E-state index contributed by atoms with van der Waals surface area (Å²) in [7, 11) is 0. The minimum Gasteiger partial charge on any atom is -0.494 e. The zero-order valence-electron chi connectivity index (χ0n) is 25.6. The molecule has 2 heterocycles. The zero-order valence-corrected chi connectivity index (χ0v) is 32.2. The number of nitrogens with zero attached hydrogens (tertiary/aromatic N) is 2. The molecule has 6 rings (SSSR count). The van der Waals surface area contributed by atoms with Gasteiger partial charge in [0.25, 0.3) is 11.5 Å². The maximum absolute atomic E-state index is 14.2. The lowest BCUT2D eigenvalue weighted by Gasteiger charge is -2.25. The van der Waals surface area contributed by atoms with Crippen molar-refractivity contribution in [3.63, 3.8) is 0 Å². The molecule has 0 spiro atoms. The van der Waals surface area contributed by atoms with Crippen molar-refractivity contribution in [2.75, 3.05) is 11.9 Å². The van der Waals surface area contributed by atoms with E-state index in [1.54, 1.807) is 23.6 Å². The molecule has 0 bridgehead atoms. The molecule has 0 radical (unpaired) electrons. The van der Waals surface area contributed by atoms with Crippen molar-refractivity contribution in [2.45, 2.75) is 26.5 Å². The van der Waals surface area contributed by atoms with Crippen LogP contribution in [0.3, 0.4) is 0 Å². The second-order valence-electron chi connectivity index (χ2n) is 10.8. The molecule has 48 heavy (non-hydrogen) atoms. The second kappa shape index (κ2) is 15.2. The topological polar surface area (TPSA) is 81.9 Å². The Kier molecular flexibility index (Phi) is 11.0. The van der Waals surface area contributed by atoms with Crippen LogP contribution in [0.5, 0.6) is 11.5 Å². The molecule has 1 atom stereocenters. The number of allylic oxidation sites excluding steroid dienone is 1. The van der Waals surface area contributed by atoms with Gasteiger partial charge in [0.15, 0.2) is 4.80 Å². The number of fused-ring (bicyclic) bond motifs is 1. The predicted molar refractivity (Wildman–Crippen MR) is 209 cm³/mol. The number of amides is 1. The van der Waals surface area contributed by atoms with E-state index in [1.807, 2.05) is 85.8 Å². The lowest BCUT2D eigenvalue weighted by molar-refractivity contribution is -0.113. The lowest BCUT2D eigenvalue weighted by atomic mass is 9.95. The molecule has 1 N–H and O–H groups in total. The van der Waals surface area contributed by atoms with Crippen molar-refractivity contribution < 1.29 is 14.3 Å². The van der Waals surface area contributed by atoms with E-state index in [4.69, 9.17) is 37.7 Å². The van der Waals surface area contributed by atoms with Gasteiger partial charge in [-0.05, 0) is 130 Å². The third kappa shape index (κ3) is 7.52. The summed E-state index contributed by atoms with van der Waals surface area (Å²) in [6.45, 7) is 4.58. The number of rotatable bonds is 9. The SMILES string of the molecule is CCOc1ccc([C@H]2C(C(=O)Nc3ccccc3)=C(C)N=c3s/c(=C\c4cc(I)c(OCc5ccc(Cl)c(Cl)c5)c(I)c4)c(=O)n32)cc1. The molecule has 1 amide bonds. The molecule has 7 nitrogen and oxygen atoms in total. The third-order valence-electron chi connectivity index (χ3n) is 7.49. The van der Waals surface area contributed by atoms with Crippen LogP contribution in [-0.2, 0) is 11.4 Å². The van der Waals surface area contributed by atoms with Crippen LogP contribution in [0.25, 0.3) is 6.08 Å². The molecule has 0 saturated carbocycles. The fourth-order valence-electron chi connectivity index (χ4n) is 5.30. The van der Waals surface area contributed by atoms with Crippen LogP contribution in [0.2, 0.25) is 10.0 Å². The van der Waals surface area contributed by atoms with Crippen LogP contribution < -0.4 is 29.7 Å². The van der Waals surface area contributed by atoms with Gasteiger partial charge in [-0.2, -0.15) is 0 Å². The zero-order chi connectivity index (χ0) is 33.9. The second-order valence-corrected chi connectivity index (χ2v) is 14.9. The minimum absolute atomic E-state index is 0.236. The standard InChI is InChI=1S/C36H27Cl2I2N3O4S/c1-3-46-25-12-10-23(11-13-25)32-31(34(44)42-24-7-5-4-6-8-24)20(2)41-36-43(32)35(45)30(48-36)18-22-16-28(39)33(29(40)17-22)47-19-21-9-14-26(37)27(38)15-21/h4-18,32H,3,19H2,1-2H3,(H,42,44)/b30-18-/t32-/m0/s1. The van der Waals surface area contributed by atoms with Gasteiger partial charge in [0, 0.05) is 5.69 Å². The summed E-state index contributed by atoms with van der Waals surface area (Å²) in [4.78, 5) is 33.3. The maximum Gasteiger partial charge on any atom is 0.271 e. The highest BCUT2D eigenvalue weighted by molar-refractivity contribution is 14.1. The van der Waals surface area contributed by atoms with E-state index >= 15 is 0 Å². The molecule has 0 unspecified atom stereocenters. The molecule has 0 fully saturated rings. The number of nitrogens with one attached hydrogen (secondary N) is 1. The summed E-state index contributed by atoms with van der Waals surface area (Å²) < 4.78 is 15.7. The van der Waals surface area contributed by atoms with Gasteiger partial charge in [-0.3, -0.25) is 14.2 Å². The first kappa shape index (κ1) is 34.7. The summed E-state index contributed by atoms with van der Waals surface area (Å²) in [6.07, 6.45) is 1.86. The maximum atomic E-state index is 14.2. The first-order valence-electron chi connectivity index (χ1n) is 14.8. The Bertz CT molecular complexity index is 2210. The fraction of sp³-hybridized carbons (Fsp3) is 0.139. The molecule has 1 aliphatic rings. The first-order valence-corrected chi connectivity index (χ1v) is 18.5. The average molecular weight is 922 g/mol. The smallest absolute Gasteiger partial charge is 0.271 e. The van der Waals surface area contributed by atoms with E-state index in [0.29, 0.717) is 55.3 Å². The van der Waals surface area contributed by atoms with Crippen molar-refractivity contribution >= 4 is 97.4 Å². The van der Waals surface area contributed by atoms with Gasteiger partial charge < -0.3 is 14.8 Å². The fourth-order valence-corrected chi connectivity index (χ4v) is 8.79. The van der Waals surface area contributed by atoms with E-state index < -0.39 is 6.04 Å². The monoisotopic (exact) mass is 921 g/mol. The van der Waals surface area contributed by atoms with Gasteiger partial charge >= 0.3 is 0 Å². The van der Waals surface area contributed by atoms with Crippen LogP contribution in [0.15, 0.2) is 106 Å². The Morgan fingerprint density at radius 1 is 0.979 bits per heavy atom. The molecule has 244 valence electrons. The Hall–Kier alpha value is -3.17. The quantitative estimate of drug-likeness (QED) is 0.151. The van der Waals surface area contributed by atoms with Gasteiger partial charge in [-0.15, -0.1) is 0 Å². The summed E-state index contributed by atoms with van der Waals surface area (Å²) in [6, 6.07) is 25.4. The number of carbonyl (C=O) groups excluding carboxylic acids is 1. The number of benzene rings is 4. The van der Waals surface area contributed by atoms with Crippen LogP contribution in [0, 0.1) is 7.14 Å². The average Bonchev–Trinajstić information content (AvgIpc) is 3.36. The Labute approximate surface area is 318 Å². The number of carbonyl (C=O) groups is 1. The molecule has 12 heteroatoms. The van der Waals surface area contributed by atoms with Gasteiger partial charge in [0.2, 0.25) is 0 Å². The Balaban J connectivity index is 1.38. The summed E-state index contributed by atoms with van der Waals surface area (Å²) >= 11 is 18.0. The number of halogens is 4. The number of anilines is 1. The molecule has 0 aliphatic carbocycles. The largest absolute Gasteiger partial charge is 0.494 e. The van der Waals surface area contributed by atoms with Crippen molar-refractivity contribution in [1.82, 2.24) is 4.57 Å². The van der Waals surface area contributed by atoms with Crippen LogP contribution in [0.4, 0.5) is 5.69 Å². The molecule has 1 aliphatic heterocycles. The van der Waals surface area contributed by atoms with Crippen molar-refractivity contribution in [2.24, 2.45) is 4.99 Å². The van der Waals surface area contributed by atoms with E-state index in [0.717, 1.165) is 29.6 Å². The molecular weight excluding hydrogens is 895 g/mol. The van der Waals surface area contributed by atoms with Gasteiger partial charge in [-0.1, -0.05) is 70.9 Å². The Morgan fingerprint density at radius 2 is 1.69 bits per heavy atom. The Morgan fingerprint density at radius 3 is 2.35 bits per heavy atom. The lowest BCUT2D eigenvalue weighted by Crippen LogP contribution is -2.40. The van der Waals surface area contributed by atoms with Crippen LogP contribution in [0.1, 0.15) is 36.6 Å².